The Balaban J connectivity index is 2.31. The van der Waals surface area contributed by atoms with Crippen molar-refractivity contribution in [3.63, 3.8) is 0 Å². The average molecular weight is 256 g/mol. The molecule has 2 aromatic carbocycles. The van der Waals surface area contributed by atoms with Gasteiger partial charge in [-0.2, -0.15) is 0 Å². The highest BCUT2D eigenvalue weighted by Crippen LogP contribution is 2.41. The Morgan fingerprint density at radius 1 is 0.550 bits per heavy atom. The van der Waals surface area contributed by atoms with E-state index in [-0.39, 0.29) is 0 Å². The van der Waals surface area contributed by atoms with Crippen LogP contribution in [0.15, 0.2) is 60.7 Å². The number of benzene rings is 2. The third-order valence-corrected chi connectivity index (χ3v) is 4.43. The van der Waals surface area contributed by atoms with Crippen LogP contribution in [0.3, 0.4) is 0 Å². The van der Waals surface area contributed by atoms with Gasteiger partial charge in [0.15, 0.2) is 0 Å². The van der Waals surface area contributed by atoms with Crippen LogP contribution in [0.2, 0.25) is 0 Å². The van der Waals surface area contributed by atoms with E-state index >= 15 is 0 Å². The molecule has 0 nitrogen and oxygen atoms in total. The Morgan fingerprint density at radius 3 is 1.95 bits per heavy atom. The van der Waals surface area contributed by atoms with Crippen molar-refractivity contribution in [2.45, 2.75) is 13.8 Å². The molecule has 2 aliphatic rings. The molecule has 0 heteroatoms. The zero-order valence-corrected chi connectivity index (χ0v) is 11.8. The highest BCUT2D eigenvalue weighted by atomic mass is 14.2. The van der Waals surface area contributed by atoms with E-state index in [1.165, 1.54) is 43.8 Å². The van der Waals surface area contributed by atoms with Crippen LogP contribution in [-0.4, -0.2) is 0 Å². The second-order valence-electron chi connectivity index (χ2n) is 5.50. The monoisotopic (exact) mass is 256 g/mol. The lowest BCUT2D eigenvalue weighted by atomic mass is 10.0. The average Bonchev–Trinajstić information content (AvgIpc) is 2.68. The Bertz CT molecular complexity index is 916. The summed E-state index contributed by atoms with van der Waals surface area (Å²) in [5.41, 5.74) is 5.56. The van der Waals surface area contributed by atoms with Crippen LogP contribution in [0.1, 0.15) is 11.1 Å². The minimum absolute atomic E-state index is 1.31. The van der Waals surface area contributed by atoms with Gasteiger partial charge in [0.2, 0.25) is 0 Å². The summed E-state index contributed by atoms with van der Waals surface area (Å²) < 4.78 is 0. The van der Waals surface area contributed by atoms with Gasteiger partial charge in [0.05, 0.1) is 0 Å². The number of hydrogen-bond acceptors (Lipinski definition) is 0. The van der Waals surface area contributed by atoms with Crippen molar-refractivity contribution in [1.29, 1.82) is 0 Å². The molecule has 0 fully saturated rings. The molecular weight excluding hydrogens is 240 g/mol. The number of rotatable bonds is 0. The van der Waals surface area contributed by atoms with Gasteiger partial charge < -0.3 is 0 Å². The first-order valence-electron chi connectivity index (χ1n) is 7.07. The Kier molecular flexibility index (Phi) is 2.34. The van der Waals surface area contributed by atoms with Crippen LogP contribution in [-0.2, 0) is 0 Å². The molecule has 0 amide bonds. The highest BCUT2D eigenvalue weighted by Gasteiger charge is 2.16. The van der Waals surface area contributed by atoms with E-state index in [1.54, 1.807) is 0 Å². The predicted molar refractivity (Wildman–Crippen MR) is 87.6 cm³/mol. The lowest BCUT2D eigenvalue weighted by Crippen LogP contribution is -1.79. The second kappa shape index (κ2) is 4.08. The summed E-state index contributed by atoms with van der Waals surface area (Å²) in [7, 11) is 0. The van der Waals surface area contributed by atoms with E-state index in [0.29, 0.717) is 0 Å². The van der Waals surface area contributed by atoms with E-state index in [0.717, 1.165) is 0 Å². The molecule has 96 valence electrons. The van der Waals surface area contributed by atoms with Crippen LogP contribution in [0.25, 0.3) is 32.7 Å². The van der Waals surface area contributed by atoms with E-state index in [9.17, 15) is 0 Å². The Morgan fingerprint density at radius 2 is 1.15 bits per heavy atom. The van der Waals surface area contributed by atoms with Gasteiger partial charge in [0.1, 0.15) is 0 Å². The van der Waals surface area contributed by atoms with Gasteiger partial charge in [-0.05, 0) is 57.6 Å². The molecule has 0 heterocycles. The maximum Gasteiger partial charge on any atom is -0.00993 e. The van der Waals surface area contributed by atoms with Gasteiger partial charge in [0.25, 0.3) is 0 Å². The van der Waals surface area contributed by atoms with E-state index < -0.39 is 0 Å². The van der Waals surface area contributed by atoms with Gasteiger partial charge in [-0.3, -0.25) is 0 Å². The molecule has 0 radical (unpaired) electrons. The van der Waals surface area contributed by atoms with Gasteiger partial charge in [0, 0.05) is 0 Å². The van der Waals surface area contributed by atoms with E-state index in [2.05, 4.69) is 74.5 Å². The molecule has 0 atom stereocenters. The molecule has 0 aromatic heterocycles. The molecule has 2 aromatic rings. The summed E-state index contributed by atoms with van der Waals surface area (Å²) in [4.78, 5) is 0. The van der Waals surface area contributed by atoms with Crippen LogP contribution in [0.5, 0.6) is 0 Å². The fraction of sp³-hybridized carbons (Fsp3) is 0.100. The molecule has 0 saturated heterocycles. The van der Waals surface area contributed by atoms with Crippen LogP contribution >= 0.6 is 0 Å². The first-order valence-corrected chi connectivity index (χ1v) is 7.07. The molecule has 0 saturated carbocycles. The zero-order valence-electron chi connectivity index (χ0n) is 11.8. The standard InChI is InChI=1S/C20H16/c1-13-16-8-4-3-7-15(16)11-12-19-18-10-6-5-9-17(18)14(2)20(13)19/h3-12H,1-2H3. The van der Waals surface area contributed by atoms with Gasteiger partial charge >= 0.3 is 0 Å². The van der Waals surface area contributed by atoms with Crippen molar-refractivity contribution < 1.29 is 0 Å². The first kappa shape index (κ1) is 11.5. The Hall–Kier alpha value is -2.34. The fourth-order valence-electron chi connectivity index (χ4n) is 3.46. The predicted octanol–water partition coefficient (Wildman–Crippen LogP) is 5.71. The summed E-state index contributed by atoms with van der Waals surface area (Å²) in [5, 5.41) is 5.40. The van der Waals surface area contributed by atoms with Crippen molar-refractivity contribution in [2.75, 3.05) is 0 Å². The fourth-order valence-corrected chi connectivity index (χ4v) is 3.46. The normalized spacial score (nSPS) is 11.5. The quantitative estimate of drug-likeness (QED) is 0.378. The molecule has 4 rings (SSSR count). The van der Waals surface area contributed by atoms with Crippen LogP contribution in [0, 0.1) is 13.8 Å². The number of hydrogen-bond donors (Lipinski definition) is 0. The van der Waals surface area contributed by atoms with Gasteiger partial charge in [-0.15, -0.1) is 0 Å². The summed E-state index contributed by atoms with van der Waals surface area (Å²) in [6, 6.07) is 21.9. The summed E-state index contributed by atoms with van der Waals surface area (Å²) in [5.74, 6) is 0. The Labute approximate surface area is 119 Å². The van der Waals surface area contributed by atoms with E-state index in [4.69, 9.17) is 0 Å². The smallest absolute Gasteiger partial charge is 0.00993 e. The number of fused-ring (bicyclic) bond motifs is 4. The third-order valence-electron chi connectivity index (χ3n) is 4.43. The maximum atomic E-state index is 2.28. The topological polar surface area (TPSA) is 0 Å². The van der Waals surface area contributed by atoms with Gasteiger partial charge in [-0.25, -0.2) is 0 Å². The molecular formula is C20H16. The molecule has 2 aliphatic carbocycles. The van der Waals surface area contributed by atoms with Crippen LogP contribution in [0.4, 0.5) is 0 Å². The molecule has 0 spiro atoms. The van der Waals surface area contributed by atoms with Crippen molar-refractivity contribution in [1.82, 2.24) is 0 Å². The molecule has 0 unspecified atom stereocenters. The first-order chi connectivity index (χ1) is 9.77. The SMILES string of the molecule is Cc1c2c(C)c3ccccc3c-2ccc2ccccc12. The molecule has 0 bridgehead atoms. The highest BCUT2D eigenvalue weighted by molar-refractivity contribution is 6.08. The van der Waals surface area contributed by atoms with Gasteiger partial charge in [-0.1, -0.05) is 60.7 Å². The van der Waals surface area contributed by atoms with Crippen LogP contribution < -0.4 is 0 Å². The van der Waals surface area contributed by atoms with E-state index in [1.807, 2.05) is 0 Å². The summed E-state index contributed by atoms with van der Waals surface area (Å²) >= 11 is 0. The minimum Gasteiger partial charge on any atom is -0.0616 e. The van der Waals surface area contributed by atoms with Crippen molar-refractivity contribution in [3.05, 3.63) is 71.8 Å². The van der Waals surface area contributed by atoms with Crippen molar-refractivity contribution >= 4 is 21.5 Å². The lowest BCUT2D eigenvalue weighted by Gasteiger charge is -2.03. The third kappa shape index (κ3) is 1.42. The summed E-state index contributed by atoms with van der Waals surface area (Å²) in [6.07, 6.45) is 0. The van der Waals surface area contributed by atoms with Crippen molar-refractivity contribution in [2.24, 2.45) is 0 Å². The minimum atomic E-state index is 1.31. The maximum absolute atomic E-state index is 2.28. The largest absolute Gasteiger partial charge is 0.0616 e. The molecule has 0 N–H and O–H groups in total. The number of aryl methyl sites for hydroxylation is 2. The zero-order chi connectivity index (χ0) is 13.7. The second-order valence-corrected chi connectivity index (χ2v) is 5.50. The summed E-state index contributed by atoms with van der Waals surface area (Å²) in [6.45, 7) is 4.49. The molecule has 0 aliphatic heterocycles. The lowest BCUT2D eigenvalue weighted by molar-refractivity contribution is 1.49. The van der Waals surface area contributed by atoms with Crippen molar-refractivity contribution in [3.8, 4) is 11.1 Å². The molecule has 20 heavy (non-hydrogen) atoms.